The van der Waals surface area contributed by atoms with Crippen molar-refractivity contribution >= 4 is 17.5 Å². The maximum atomic E-state index is 12.5. The summed E-state index contributed by atoms with van der Waals surface area (Å²) >= 11 is 0. The summed E-state index contributed by atoms with van der Waals surface area (Å²) in [5.74, 6) is 0.305. The van der Waals surface area contributed by atoms with Crippen molar-refractivity contribution in [3.63, 3.8) is 0 Å². The number of carbonyl (C=O) groups excluding carboxylic acids is 2. The lowest BCUT2D eigenvalue weighted by Crippen LogP contribution is -2.32. The van der Waals surface area contributed by atoms with Gasteiger partial charge in [0.05, 0.1) is 13.0 Å². The van der Waals surface area contributed by atoms with Gasteiger partial charge in [0.1, 0.15) is 5.75 Å². The van der Waals surface area contributed by atoms with E-state index in [4.69, 9.17) is 4.74 Å². The molecule has 1 atom stereocenters. The van der Waals surface area contributed by atoms with Crippen LogP contribution in [0.5, 0.6) is 5.75 Å². The van der Waals surface area contributed by atoms with E-state index in [9.17, 15) is 9.59 Å². The SMILES string of the molecule is CCc1ccc(N2C[C@@H](C(=O)NCc3ccccc3OC)CC2=O)cc1. The van der Waals surface area contributed by atoms with E-state index in [-0.39, 0.29) is 24.2 Å². The van der Waals surface area contributed by atoms with Crippen molar-refractivity contribution < 1.29 is 14.3 Å². The summed E-state index contributed by atoms with van der Waals surface area (Å²) in [6.45, 7) is 2.90. The fraction of sp³-hybridized carbons (Fsp3) is 0.333. The first-order valence-electron chi connectivity index (χ1n) is 8.91. The Morgan fingerprint density at radius 1 is 1.19 bits per heavy atom. The Morgan fingerprint density at radius 2 is 1.92 bits per heavy atom. The van der Waals surface area contributed by atoms with Crippen LogP contribution < -0.4 is 15.0 Å². The minimum Gasteiger partial charge on any atom is -0.496 e. The molecule has 1 N–H and O–H groups in total. The Labute approximate surface area is 154 Å². The molecule has 2 amide bonds. The maximum Gasteiger partial charge on any atom is 0.227 e. The fourth-order valence-electron chi connectivity index (χ4n) is 3.22. The van der Waals surface area contributed by atoms with Gasteiger partial charge in [0.25, 0.3) is 0 Å². The summed E-state index contributed by atoms with van der Waals surface area (Å²) in [7, 11) is 1.61. The van der Waals surface area contributed by atoms with Crippen molar-refractivity contribution in [3.05, 3.63) is 59.7 Å². The number of hydrogen-bond acceptors (Lipinski definition) is 3. The fourth-order valence-corrected chi connectivity index (χ4v) is 3.22. The van der Waals surface area contributed by atoms with Gasteiger partial charge in [-0.1, -0.05) is 37.3 Å². The van der Waals surface area contributed by atoms with Gasteiger partial charge in [-0.3, -0.25) is 9.59 Å². The van der Waals surface area contributed by atoms with E-state index in [1.807, 2.05) is 48.5 Å². The Bertz CT molecular complexity index is 786. The van der Waals surface area contributed by atoms with Crippen molar-refractivity contribution in [2.45, 2.75) is 26.3 Å². The first kappa shape index (κ1) is 18.0. The van der Waals surface area contributed by atoms with Gasteiger partial charge >= 0.3 is 0 Å². The summed E-state index contributed by atoms with van der Waals surface area (Å²) in [5, 5.41) is 2.93. The molecule has 0 saturated carbocycles. The molecule has 26 heavy (non-hydrogen) atoms. The molecule has 0 radical (unpaired) electrons. The molecule has 1 heterocycles. The number of benzene rings is 2. The topological polar surface area (TPSA) is 58.6 Å². The summed E-state index contributed by atoms with van der Waals surface area (Å²) in [6.07, 6.45) is 1.20. The van der Waals surface area contributed by atoms with Crippen molar-refractivity contribution in [1.82, 2.24) is 5.32 Å². The highest BCUT2D eigenvalue weighted by molar-refractivity contribution is 6.00. The third kappa shape index (κ3) is 3.87. The first-order valence-corrected chi connectivity index (χ1v) is 8.91. The maximum absolute atomic E-state index is 12.5. The zero-order valence-corrected chi connectivity index (χ0v) is 15.2. The van der Waals surface area contributed by atoms with Crippen molar-refractivity contribution in [1.29, 1.82) is 0 Å². The van der Waals surface area contributed by atoms with Crippen LogP contribution in [0.3, 0.4) is 0 Å². The van der Waals surface area contributed by atoms with Gasteiger partial charge in [0.15, 0.2) is 0 Å². The Hall–Kier alpha value is -2.82. The van der Waals surface area contributed by atoms with Crippen LogP contribution in [0.15, 0.2) is 48.5 Å². The van der Waals surface area contributed by atoms with Crippen LogP contribution in [0, 0.1) is 5.92 Å². The predicted octanol–water partition coefficient (Wildman–Crippen LogP) is 2.93. The molecule has 0 aliphatic carbocycles. The summed E-state index contributed by atoms with van der Waals surface area (Å²) in [4.78, 5) is 26.6. The van der Waals surface area contributed by atoms with Crippen molar-refractivity contribution in [3.8, 4) is 5.75 Å². The summed E-state index contributed by atoms with van der Waals surface area (Å²) in [6, 6.07) is 15.5. The summed E-state index contributed by atoms with van der Waals surface area (Å²) < 4.78 is 5.30. The zero-order valence-electron chi connectivity index (χ0n) is 15.2. The minimum atomic E-state index is -0.331. The Morgan fingerprint density at radius 3 is 2.62 bits per heavy atom. The number of nitrogens with one attached hydrogen (secondary N) is 1. The molecule has 1 fully saturated rings. The van der Waals surface area contributed by atoms with Crippen LogP contribution in [0.2, 0.25) is 0 Å². The minimum absolute atomic E-state index is 0.00769. The van der Waals surface area contributed by atoms with Crippen molar-refractivity contribution in [2.75, 3.05) is 18.6 Å². The van der Waals surface area contributed by atoms with Gasteiger partial charge in [-0.25, -0.2) is 0 Å². The average Bonchev–Trinajstić information content (AvgIpc) is 3.08. The molecule has 0 bridgehead atoms. The van der Waals surface area contributed by atoms with Gasteiger partial charge in [0.2, 0.25) is 11.8 Å². The van der Waals surface area contributed by atoms with E-state index in [1.165, 1.54) is 5.56 Å². The molecule has 5 nitrogen and oxygen atoms in total. The standard InChI is InChI=1S/C21H24N2O3/c1-3-15-8-10-18(11-9-15)23-14-17(12-20(23)24)21(25)22-13-16-6-4-5-7-19(16)26-2/h4-11,17H,3,12-14H2,1-2H3,(H,22,25)/t17-/m0/s1. The van der Waals surface area contributed by atoms with Gasteiger partial charge in [0, 0.05) is 30.8 Å². The predicted molar refractivity (Wildman–Crippen MR) is 101 cm³/mol. The Kier molecular flexibility index (Phi) is 5.56. The average molecular weight is 352 g/mol. The lowest BCUT2D eigenvalue weighted by Gasteiger charge is -2.17. The van der Waals surface area contributed by atoms with E-state index in [1.54, 1.807) is 12.0 Å². The number of aryl methyl sites for hydroxylation is 1. The number of carbonyl (C=O) groups is 2. The van der Waals surface area contributed by atoms with Crippen molar-refractivity contribution in [2.24, 2.45) is 5.92 Å². The lowest BCUT2D eigenvalue weighted by molar-refractivity contribution is -0.126. The van der Waals surface area contributed by atoms with Crippen LogP contribution in [0.25, 0.3) is 0 Å². The molecule has 5 heteroatoms. The number of hydrogen-bond donors (Lipinski definition) is 1. The second kappa shape index (κ2) is 8.04. The van der Waals surface area contributed by atoms with E-state index < -0.39 is 0 Å². The molecular weight excluding hydrogens is 328 g/mol. The molecule has 0 aromatic heterocycles. The number of para-hydroxylation sites is 1. The molecular formula is C21H24N2O3. The number of anilines is 1. The monoisotopic (exact) mass is 352 g/mol. The Balaban J connectivity index is 1.61. The molecule has 0 unspecified atom stereocenters. The third-order valence-corrected chi connectivity index (χ3v) is 4.80. The van der Waals surface area contributed by atoms with Gasteiger partial charge in [-0.2, -0.15) is 0 Å². The summed E-state index contributed by atoms with van der Waals surface area (Å²) in [5.41, 5.74) is 3.00. The van der Waals surface area contributed by atoms with Gasteiger partial charge in [-0.05, 0) is 30.2 Å². The normalized spacial score (nSPS) is 16.6. The molecule has 1 saturated heterocycles. The molecule has 3 rings (SSSR count). The van der Waals surface area contributed by atoms with E-state index in [2.05, 4.69) is 12.2 Å². The van der Waals surface area contributed by atoms with Crippen LogP contribution in [0.1, 0.15) is 24.5 Å². The molecule has 2 aromatic rings. The number of methoxy groups -OCH3 is 1. The third-order valence-electron chi connectivity index (χ3n) is 4.80. The van der Waals surface area contributed by atoms with E-state index in [0.717, 1.165) is 23.4 Å². The number of rotatable bonds is 6. The lowest BCUT2D eigenvalue weighted by atomic mass is 10.1. The molecule has 1 aliphatic heterocycles. The van der Waals surface area contributed by atoms with Gasteiger partial charge in [-0.15, -0.1) is 0 Å². The quantitative estimate of drug-likeness (QED) is 0.870. The zero-order chi connectivity index (χ0) is 18.5. The van der Waals surface area contributed by atoms with Crippen LogP contribution in [-0.2, 0) is 22.6 Å². The molecule has 136 valence electrons. The van der Waals surface area contributed by atoms with Crippen LogP contribution in [-0.4, -0.2) is 25.5 Å². The highest BCUT2D eigenvalue weighted by Gasteiger charge is 2.35. The molecule has 1 aliphatic rings. The van der Waals surface area contributed by atoms with E-state index >= 15 is 0 Å². The highest BCUT2D eigenvalue weighted by atomic mass is 16.5. The van der Waals surface area contributed by atoms with E-state index in [0.29, 0.717) is 13.1 Å². The van der Waals surface area contributed by atoms with Crippen LogP contribution >= 0.6 is 0 Å². The molecule has 0 spiro atoms. The van der Waals surface area contributed by atoms with Gasteiger partial charge < -0.3 is 15.0 Å². The number of amides is 2. The highest BCUT2D eigenvalue weighted by Crippen LogP contribution is 2.26. The smallest absolute Gasteiger partial charge is 0.227 e. The second-order valence-corrected chi connectivity index (χ2v) is 6.46. The largest absolute Gasteiger partial charge is 0.496 e. The second-order valence-electron chi connectivity index (χ2n) is 6.46. The number of ether oxygens (including phenoxy) is 1. The van der Waals surface area contributed by atoms with Crippen LogP contribution in [0.4, 0.5) is 5.69 Å². The molecule has 2 aromatic carbocycles. The number of nitrogens with zero attached hydrogens (tertiary/aromatic N) is 1. The first-order chi connectivity index (χ1) is 12.6.